The van der Waals surface area contributed by atoms with E-state index in [0.717, 1.165) is 4.90 Å². The number of hydrogen-bond donors (Lipinski definition) is 2. The molecule has 124 valence electrons. The highest BCUT2D eigenvalue weighted by Gasteiger charge is 2.28. The molecule has 1 aliphatic rings. The molecule has 4 N–H and O–H groups in total. The molecule has 1 heterocycles. The summed E-state index contributed by atoms with van der Waals surface area (Å²) in [4.78, 5) is 43.2. The molecule has 8 nitrogen and oxygen atoms in total. The minimum atomic E-state index is -5.19. The molecular formula is C11H14F3N3O5. The third kappa shape index (κ3) is 7.38. The Labute approximate surface area is 122 Å². The molecule has 0 unspecified atom stereocenters. The number of amides is 3. The van der Waals surface area contributed by atoms with Crippen LogP contribution in [0.1, 0.15) is 6.42 Å². The van der Waals surface area contributed by atoms with E-state index in [1.807, 2.05) is 0 Å². The van der Waals surface area contributed by atoms with Gasteiger partial charge in [-0.2, -0.15) is 13.2 Å². The van der Waals surface area contributed by atoms with Gasteiger partial charge in [-0.15, -0.1) is 0 Å². The van der Waals surface area contributed by atoms with Gasteiger partial charge in [-0.3, -0.25) is 19.3 Å². The largest absolute Gasteiger partial charge is 0.542 e. The van der Waals surface area contributed by atoms with Crippen molar-refractivity contribution >= 4 is 23.7 Å². The van der Waals surface area contributed by atoms with E-state index in [4.69, 9.17) is 9.90 Å². The SMILES string of the molecule is O=C([O-])C(F)(F)F.[NH3+]CCNC(=O)CCN1C(=O)C=CC1=O. The number of alkyl halides is 3. The molecule has 0 saturated carbocycles. The Morgan fingerprint density at radius 1 is 1.23 bits per heavy atom. The van der Waals surface area contributed by atoms with Gasteiger partial charge in [0.05, 0.1) is 13.1 Å². The third-order valence-corrected chi connectivity index (χ3v) is 2.19. The summed E-state index contributed by atoms with van der Waals surface area (Å²) in [5.74, 6) is -3.89. The van der Waals surface area contributed by atoms with Crippen molar-refractivity contribution in [2.24, 2.45) is 0 Å². The molecule has 0 spiro atoms. The normalized spacial score (nSPS) is 13.7. The molecule has 0 aromatic heterocycles. The zero-order valence-corrected chi connectivity index (χ0v) is 11.3. The first-order valence-corrected chi connectivity index (χ1v) is 5.97. The number of carbonyl (C=O) groups is 4. The van der Waals surface area contributed by atoms with E-state index in [1.165, 1.54) is 12.2 Å². The van der Waals surface area contributed by atoms with Crippen molar-refractivity contribution in [3.63, 3.8) is 0 Å². The number of carbonyl (C=O) groups excluding carboxylic acids is 4. The number of carboxylic acid groups (broad SMARTS) is 1. The number of quaternary nitrogens is 1. The van der Waals surface area contributed by atoms with Crippen LogP contribution in [0.25, 0.3) is 0 Å². The maximum atomic E-state index is 11.2. The van der Waals surface area contributed by atoms with Crippen LogP contribution < -0.4 is 16.2 Å². The molecule has 1 aliphatic heterocycles. The van der Waals surface area contributed by atoms with Gasteiger partial charge in [-0.25, -0.2) is 0 Å². The van der Waals surface area contributed by atoms with Crippen LogP contribution in [0.5, 0.6) is 0 Å². The van der Waals surface area contributed by atoms with E-state index >= 15 is 0 Å². The van der Waals surface area contributed by atoms with Crippen molar-refractivity contribution in [3.8, 4) is 0 Å². The Morgan fingerprint density at radius 3 is 2.05 bits per heavy atom. The molecule has 0 bridgehead atoms. The molecule has 11 heteroatoms. The van der Waals surface area contributed by atoms with Crippen LogP contribution in [0.4, 0.5) is 13.2 Å². The van der Waals surface area contributed by atoms with Crippen LogP contribution in [-0.4, -0.2) is 54.4 Å². The highest BCUT2D eigenvalue weighted by atomic mass is 19.4. The fourth-order valence-electron chi connectivity index (χ4n) is 1.18. The van der Waals surface area contributed by atoms with Crippen LogP contribution in [0.15, 0.2) is 12.2 Å². The molecule has 0 aromatic carbocycles. The monoisotopic (exact) mass is 325 g/mol. The lowest BCUT2D eigenvalue weighted by molar-refractivity contribution is -0.364. The number of nitrogens with zero attached hydrogens (tertiary/aromatic N) is 1. The average Bonchev–Trinajstić information content (AvgIpc) is 2.73. The summed E-state index contributed by atoms with van der Waals surface area (Å²) in [6.07, 6.45) is -2.65. The van der Waals surface area contributed by atoms with Crippen molar-refractivity contribution < 1.29 is 43.2 Å². The molecule has 0 atom stereocenters. The summed E-state index contributed by atoms with van der Waals surface area (Å²) in [5, 5.41) is 11.4. The summed E-state index contributed by atoms with van der Waals surface area (Å²) in [6, 6.07) is 0. The first kappa shape index (κ1) is 19.6. The topological polar surface area (TPSA) is 134 Å². The number of rotatable bonds is 5. The Bertz CT molecular complexity index is 458. The molecule has 22 heavy (non-hydrogen) atoms. The summed E-state index contributed by atoms with van der Waals surface area (Å²) >= 11 is 0. The first-order chi connectivity index (χ1) is 10.1. The fourth-order valence-corrected chi connectivity index (χ4v) is 1.18. The maximum absolute atomic E-state index is 11.2. The molecule has 0 radical (unpaired) electrons. The van der Waals surface area contributed by atoms with Crippen LogP contribution in [-0.2, 0) is 19.2 Å². The Balaban J connectivity index is 0.000000534. The second-order valence-corrected chi connectivity index (χ2v) is 3.90. The van der Waals surface area contributed by atoms with Gasteiger partial charge in [0.25, 0.3) is 11.8 Å². The van der Waals surface area contributed by atoms with Gasteiger partial charge in [0, 0.05) is 25.1 Å². The second-order valence-electron chi connectivity index (χ2n) is 3.90. The van der Waals surface area contributed by atoms with E-state index in [0.29, 0.717) is 13.1 Å². The summed E-state index contributed by atoms with van der Waals surface area (Å²) < 4.78 is 31.5. The Kier molecular flexibility index (Phi) is 7.80. The van der Waals surface area contributed by atoms with Crippen molar-refractivity contribution in [3.05, 3.63) is 12.2 Å². The maximum Gasteiger partial charge on any atom is 0.430 e. The second kappa shape index (κ2) is 8.77. The number of imide groups is 1. The third-order valence-electron chi connectivity index (χ3n) is 2.19. The molecule has 0 fully saturated rings. The predicted octanol–water partition coefficient (Wildman–Crippen LogP) is -3.04. The van der Waals surface area contributed by atoms with Gasteiger partial charge in [0.2, 0.25) is 5.91 Å². The number of aliphatic carboxylic acids is 1. The predicted molar refractivity (Wildman–Crippen MR) is 62.3 cm³/mol. The van der Waals surface area contributed by atoms with Gasteiger partial charge in [0.15, 0.2) is 0 Å². The molecule has 0 aliphatic carbocycles. The smallest absolute Gasteiger partial charge is 0.430 e. The van der Waals surface area contributed by atoms with Crippen LogP contribution in [0, 0.1) is 0 Å². The van der Waals surface area contributed by atoms with E-state index in [-0.39, 0.29) is 30.7 Å². The standard InChI is InChI=1S/C9H13N3O3.C2HF3O2/c10-4-5-11-7(13)3-6-12-8(14)1-2-9(12)15;3-2(4,5)1(6)7/h1-2H,3-6,10H2,(H,11,13);(H,6,7). The fraction of sp³-hybridized carbons (Fsp3) is 0.455. The summed E-state index contributed by atoms with van der Waals surface area (Å²) in [7, 11) is 0. The zero-order valence-electron chi connectivity index (χ0n) is 11.3. The van der Waals surface area contributed by atoms with Crippen LogP contribution in [0.2, 0.25) is 0 Å². The molecule has 3 amide bonds. The minimum Gasteiger partial charge on any atom is -0.542 e. The highest BCUT2D eigenvalue weighted by Crippen LogP contribution is 2.11. The van der Waals surface area contributed by atoms with Gasteiger partial charge < -0.3 is 21.0 Å². The van der Waals surface area contributed by atoms with Crippen molar-refractivity contribution in [2.75, 3.05) is 19.6 Å². The van der Waals surface area contributed by atoms with E-state index in [9.17, 15) is 27.6 Å². The Hall–Kier alpha value is -2.43. The van der Waals surface area contributed by atoms with E-state index < -0.39 is 12.1 Å². The number of nitrogens with one attached hydrogen (secondary N) is 1. The van der Waals surface area contributed by atoms with E-state index in [1.54, 1.807) is 0 Å². The number of hydrogen-bond acceptors (Lipinski definition) is 5. The lowest BCUT2D eigenvalue weighted by atomic mass is 10.3. The Morgan fingerprint density at radius 2 is 1.68 bits per heavy atom. The first-order valence-electron chi connectivity index (χ1n) is 5.97. The van der Waals surface area contributed by atoms with Gasteiger partial charge >= 0.3 is 6.18 Å². The zero-order chi connectivity index (χ0) is 17.3. The molecule has 1 rings (SSSR count). The van der Waals surface area contributed by atoms with Gasteiger partial charge in [-0.1, -0.05) is 0 Å². The lowest BCUT2D eigenvalue weighted by Gasteiger charge is -2.12. The van der Waals surface area contributed by atoms with Gasteiger partial charge in [0.1, 0.15) is 5.97 Å². The minimum absolute atomic E-state index is 0.133. The summed E-state index contributed by atoms with van der Waals surface area (Å²) in [6.45, 7) is 1.27. The lowest BCUT2D eigenvalue weighted by Crippen LogP contribution is -2.55. The molecule has 0 aromatic rings. The van der Waals surface area contributed by atoms with Crippen molar-refractivity contribution in [1.29, 1.82) is 0 Å². The number of halogens is 3. The van der Waals surface area contributed by atoms with E-state index in [2.05, 4.69) is 11.1 Å². The van der Waals surface area contributed by atoms with Crippen molar-refractivity contribution in [1.82, 2.24) is 10.2 Å². The number of carboxylic acids is 1. The van der Waals surface area contributed by atoms with Crippen molar-refractivity contribution in [2.45, 2.75) is 12.6 Å². The van der Waals surface area contributed by atoms with Crippen LogP contribution >= 0.6 is 0 Å². The quantitative estimate of drug-likeness (QED) is 0.518. The molecular weight excluding hydrogens is 311 g/mol. The average molecular weight is 325 g/mol. The molecule has 0 saturated heterocycles. The van der Waals surface area contributed by atoms with Crippen LogP contribution in [0.3, 0.4) is 0 Å². The highest BCUT2D eigenvalue weighted by molar-refractivity contribution is 6.13. The van der Waals surface area contributed by atoms with Gasteiger partial charge in [-0.05, 0) is 0 Å². The summed E-state index contributed by atoms with van der Waals surface area (Å²) in [5.41, 5.74) is 3.58.